The first-order valence-electron chi connectivity index (χ1n) is 15.3. The van der Waals surface area contributed by atoms with Gasteiger partial charge in [0.25, 0.3) is 6.43 Å². The third-order valence-corrected chi connectivity index (χ3v) is 7.67. The maximum absolute atomic E-state index is 13.9. The molecule has 0 radical (unpaired) electrons. The quantitative estimate of drug-likeness (QED) is 0.283. The summed E-state index contributed by atoms with van der Waals surface area (Å²) in [5, 5.41) is 9.22. The molecular weight excluding hydrogens is 592 g/mol. The van der Waals surface area contributed by atoms with E-state index < -0.39 is 17.7 Å². The molecule has 0 saturated carbocycles. The smallest absolute Gasteiger partial charge is 0.410 e. The van der Waals surface area contributed by atoms with E-state index in [1.807, 2.05) is 25.7 Å². The second-order valence-electron chi connectivity index (χ2n) is 12.1. The van der Waals surface area contributed by atoms with Crippen LogP contribution in [0, 0.1) is 5.92 Å². The van der Waals surface area contributed by atoms with Crippen molar-refractivity contribution in [1.29, 1.82) is 0 Å². The summed E-state index contributed by atoms with van der Waals surface area (Å²) in [4.78, 5) is 42.8. The maximum atomic E-state index is 13.9. The summed E-state index contributed by atoms with van der Waals surface area (Å²) in [6.45, 7) is 11.9. The number of amides is 2. The molecule has 2 amide bonds. The fourth-order valence-corrected chi connectivity index (χ4v) is 5.18. The van der Waals surface area contributed by atoms with Gasteiger partial charge in [0.1, 0.15) is 11.3 Å². The van der Waals surface area contributed by atoms with E-state index in [0.717, 1.165) is 0 Å². The van der Waals surface area contributed by atoms with Crippen molar-refractivity contribution >= 4 is 29.7 Å². The number of morpholine rings is 1. The standard InChI is InChI=1S/C28H45F2N11O4/c1-28(2,3)45-27(43)40-7-4-19(5-8-40)24(42)33-6-9-38-10-12-39(13-11-38)26(32)36-23(37-41-14-16-44-17-15-41)20-18-34-25(31)35-21(20)22(29)30/h18-19,22H,4-17H2,1-3H3,(H,33,42)(H2,31,34,35)(H2,32,36,37). The van der Waals surface area contributed by atoms with Gasteiger partial charge in [-0.15, -0.1) is 0 Å². The van der Waals surface area contributed by atoms with Crippen LogP contribution in [0.25, 0.3) is 0 Å². The molecule has 4 rings (SSSR count). The highest BCUT2D eigenvalue weighted by atomic mass is 19.3. The Hall–Kier alpha value is -3.86. The van der Waals surface area contributed by atoms with E-state index in [2.05, 4.69) is 30.3 Å². The largest absolute Gasteiger partial charge is 0.444 e. The molecule has 1 aromatic rings. The van der Waals surface area contributed by atoms with Crippen molar-refractivity contribution in [2.45, 2.75) is 45.6 Å². The van der Waals surface area contributed by atoms with Crippen molar-refractivity contribution in [3.8, 4) is 0 Å². The lowest BCUT2D eigenvalue weighted by atomic mass is 9.96. The molecule has 3 aliphatic heterocycles. The number of guanidine groups is 1. The number of ether oxygens (including phenoxy) is 2. The molecule has 250 valence electrons. The number of likely N-dealkylation sites (tertiary alicyclic amines) is 1. The highest BCUT2D eigenvalue weighted by Crippen LogP contribution is 2.23. The molecule has 0 aromatic carbocycles. The molecule has 17 heteroatoms. The van der Waals surface area contributed by atoms with Crippen LogP contribution in [-0.2, 0) is 14.3 Å². The van der Waals surface area contributed by atoms with Crippen molar-refractivity contribution < 1.29 is 27.8 Å². The third-order valence-electron chi connectivity index (χ3n) is 7.67. The monoisotopic (exact) mass is 637 g/mol. The van der Waals surface area contributed by atoms with Gasteiger partial charge in [0.15, 0.2) is 11.8 Å². The number of nitrogens with two attached hydrogens (primary N) is 2. The third kappa shape index (κ3) is 10.1. The van der Waals surface area contributed by atoms with Crippen LogP contribution in [0.1, 0.15) is 51.3 Å². The Morgan fingerprint density at radius 1 is 1.09 bits per heavy atom. The Labute approximate surface area is 262 Å². The second kappa shape index (κ2) is 15.4. The minimum absolute atomic E-state index is 0.00393. The van der Waals surface area contributed by atoms with Crippen LogP contribution in [0.4, 0.5) is 19.5 Å². The number of halogens is 2. The molecular formula is C28H45F2N11O4. The molecule has 0 bridgehead atoms. The van der Waals surface area contributed by atoms with Crippen molar-refractivity contribution in [3.05, 3.63) is 17.5 Å². The molecule has 5 N–H and O–H groups in total. The van der Waals surface area contributed by atoms with E-state index in [-0.39, 0.29) is 41.2 Å². The van der Waals surface area contributed by atoms with E-state index in [1.165, 1.54) is 6.20 Å². The number of piperazine rings is 1. The number of aromatic nitrogens is 2. The van der Waals surface area contributed by atoms with Gasteiger partial charge in [0.05, 0.1) is 31.9 Å². The second-order valence-corrected chi connectivity index (χ2v) is 12.1. The molecule has 3 saturated heterocycles. The predicted molar refractivity (Wildman–Crippen MR) is 164 cm³/mol. The molecule has 3 fully saturated rings. The lowest BCUT2D eigenvalue weighted by Crippen LogP contribution is -2.52. The van der Waals surface area contributed by atoms with E-state index >= 15 is 0 Å². The maximum Gasteiger partial charge on any atom is 0.410 e. The minimum Gasteiger partial charge on any atom is -0.444 e. The van der Waals surface area contributed by atoms with Gasteiger partial charge in [-0.1, -0.05) is 0 Å². The van der Waals surface area contributed by atoms with Gasteiger partial charge in [-0.2, -0.15) is 10.1 Å². The summed E-state index contributed by atoms with van der Waals surface area (Å²) in [5.74, 6) is -0.290. The summed E-state index contributed by atoms with van der Waals surface area (Å²) in [6, 6.07) is 0. The normalized spacial score (nSPS) is 19.6. The fraction of sp³-hybridized carbons (Fsp3) is 0.714. The van der Waals surface area contributed by atoms with Gasteiger partial charge >= 0.3 is 6.09 Å². The number of nitrogen functional groups attached to an aromatic ring is 1. The SMILES string of the molecule is CC(C)(C)OC(=O)N1CCC(C(=O)NCCN2CCN(C(N)=NC(=NN3CCOCC3)c3cnc(N)nc3C(F)F)CC2)CC1. The molecule has 15 nitrogen and oxygen atoms in total. The van der Waals surface area contributed by atoms with Crippen molar-refractivity contribution in [2.75, 3.05) is 84.4 Å². The number of piperidine rings is 1. The zero-order valence-corrected chi connectivity index (χ0v) is 26.3. The molecule has 0 atom stereocenters. The summed E-state index contributed by atoms with van der Waals surface area (Å²) < 4.78 is 38.5. The van der Waals surface area contributed by atoms with Crippen molar-refractivity contribution in [3.63, 3.8) is 0 Å². The summed E-state index contributed by atoms with van der Waals surface area (Å²) >= 11 is 0. The highest BCUT2D eigenvalue weighted by molar-refractivity contribution is 6.06. The van der Waals surface area contributed by atoms with Crippen LogP contribution in [0.2, 0.25) is 0 Å². The molecule has 3 aliphatic rings. The first-order chi connectivity index (χ1) is 21.4. The zero-order chi connectivity index (χ0) is 32.6. The molecule has 0 spiro atoms. The van der Waals surface area contributed by atoms with Gasteiger partial charge < -0.3 is 36.1 Å². The molecule has 45 heavy (non-hydrogen) atoms. The first kappa shape index (κ1) is 34.0. The number of aliphatic imine (C=N–C) groups is 1. The average Bonchev–Trinajstić information content (AvgIpc) is 3.00. The lowest BCUT2D eigenvalue weighted by Gasteiger charge is -2.35. The molecule has 0 unspecified atom stereocenters. The average molecular weight is 638 g/mol. The Morgan fingerprint density at radius 2 is 1.76 bits per heavy atom. The van der Waals surface area contributed by atoms with Crippen LogP contribution in [-0.4, -0.2) is 138 Å². The van der Waals surface area contributed by atoms with Gasteiger partial charge in [0.2, 0.25) is 11.9 Å². The van der Waals surface area contributed by atoms with E-state index in [9.17, 15) is 18.4 Å². The van der Waals surface area contributed by atoms with Gasteiger partial charge in [0, 0.05) is 64.5 Å². The number of anilines is 1. The van der Waals surface area contributed by atoms with E-state index in [4.69, 9.17) is 20.9 Å². The number of hydrazone groups is 1. The number of carbonyl (C=O) groups is 2. The van der Waals surface area contributed by atoms with Crippen LogP contribution in [0.3, 0.4) is 0 Å². The van der Waals surface area contributed by atoms with Crippen LogP contribution in [0.15, 0.2) is 16.3 Å². The number of amidine groups is 1. The fourth-order valence-electron chi connectivity index (χ4n) is 5.18. The van der Waals surface area contributed by atoms with Crippen molar-refractivity contribution in [2.24, 2.45) is 21.7 Å². The number of carbonyl (C=O) groups excluding carboxylic acids is 2. The number of hydrogen-bond donors (Lipinski definition) is 3. The number of rotatable bonds is 7. The van der Waals surface area contributed by atoms with Gasteiger partial charge in [-0.3, -0.25) is 14.7 Å². The molecule has 4 heterocycles. The van der Waals surface area contributed by atoms with E-state index in [1.54, 1.807) is 9.91 Å². The Kier molecular flexibility index (Phi) is 11.7. The van der Waals surface area contributed by atoms with E-state index in [0.29, 0.717) is 91.5 Å². The number of nitrogens with zero attached hydrogens (tertiary/aromatic N) is 8. The lowest BCUT2D eigenvalue weighted by molar-refractivity contribution is -0.126. The van der Waals surface area contributed by atoms with Crippen LogP contribution < -0.4 is 16.8 Å². The van der Waals surface area contributed by atoms with Gasteiger partial charge in [-0.25, -0.2) is 23.5 Å². The Bertz CT molecular complexity index is 1220. The topological polar surface area (TPSA) is 180 Å². The van der Waals surface area contributed by atoms with Gasteiger partial charge in [-0.05, 0) is 33.6 Å². The molecule has 1 aromatic heterocycles. The Morgan fingerprint density at radius 3 is 2.38 bits per heavy atom. The zero-order valence-electron chi connectivity index (χ0n) is 26.3. The van der Waals surface area contributed by atoms with Crippen molar-refractivity contribution in [1.82, 2.24) is 35.0 Å². The highest BCUT2D eigenvalue weighted by Gasteiger charge is 2.30. The number of nitrogens with one attached hydrogen (secondary N) is 1. The summed E-state index contributed by atoms with van der Waals surface area (Å²) in [5.41, 5.74) is 10.8. The Balaban J connectivity index is 1.27. The minimum atomic E-state index is -2.91. The first-order valence-corrected chi connectivity index (χ1v) is 15.3. The molecule has 0 aliphatic carbocycles. The number of hydrogen-bond acceptors (Lipinski definition) is 10. The predicted octanol–water partition coefficient (Wildman–Crippen LogP) is 0.686. The van der Waals surface area contributed by atoms with Crippen LogP contribution >= 0.6 is 0 Å². The summed E-state index contributed by atoms with van der Waals surface area (Å²) in [7, 11) is 0. The number of alkyl halides is 2. The van der Waals surface area contributed by atoms with Crippen LogP contribution in [0.5, 0.6) is 0 Å². The summed E-state index contributed by atoms with van der Waals surface area (Å²) in [6.07, 6.45) is -0.869.